The Balaban J connectivity index is 1.35. The third-order valence-electron chi connectivity index (χ3n) is 6.25. The molecule has 4 rings (SSSR count). The van der Waals surface area contributed by atoms with E-state index in [0.717, 1.165) is 70.2 Å². The maximum absolute atomic E-state index is 10.7. The summed E-state index contributed by atoms with van der Waals surface area (Å²) < 4.78 is 11.0. The second-order valence-corrected chi connectivity index (χ2v) is 8.34. The Hall–Kier alpha value is -0.950. The molecule has 3 aliphatic rings. The van der Waals surface area contributed by atoms with Crippen molar-refractivity contribution in [3.05, 3.63) is 17.5 Å². The summed E-state index contributed by atoms with van der Waals surface area (Å²) >= 11 is 0. The summed E-state index contributed by atoms with van der Waals surface area (Å²) in [6.07, 6.45) is 1.84. The molecule has 3 fully saturated rings. The van der Waals surface area contributed by atoms with Crippen LogP contribution in [0.3, 0.4) is 0 Å². The third-order valence-corrected chi connectivity index (χ3v) is 6.25. The zero-order valence-electron chi connectivity index (χ0n) is 15.4. The average Bonchev–Trinajstić information content (AvgIpc) is 3.21. The first kappa shape index (κ1) is 17.5. The van der Waals surface area contributed by atoms with Crippen molar-refractivity contribution >= 4 is 0 Å². The van der Waals surface area contributed by atoms with Crippen molar-refractivity contribution in [2.24, 2.45) is 11.8 Å². The first-order valence-electron chi connectivity index (χ1n) is 9.78. The van der Waals surface area contributed by atoms with E-state index in [1.54, 1.807) is 0 Å². The highest BCUT2D eigenvalue weighted by Crippen LogP contribution is 2.39. The highest BCUT2D eigenvalue weighted by atomic mass is 16.5. The molecule has 4 atom stereocenters. The normalized spacial score (nSPS) is 34.6. The number of aliphatic hydroxyl groups excluding tert-OH is 1. The Bertz CT molecular complexity index is 570. The number of morpholine rings is 1. The predicted octanol–water partition coefficient (Wildman–Crippen LogP) is 1.70. The van der Waals surface area contributed by atoms with Crippen LogP contribution in [-0.4, -0.2) is 71.6 Å². The molecule has 1 aromatic heterocycles. The van der Waals surface area contributed by atoms with Crippen LogP contribution in [0.25, 0.3) is 0 Å². The molecular weight excluding hydrogens is 318 g/mol. The van der Waals surface area contributed by atoms with Gasteiger partial charge in [0.2, 0.25) is 0 Å². The van der Waals surface area contributed by atoms with E-state index in [1.165, 1.54) is 0 Å². The van der Waals surface area contributed by atoms with Gasteiger partial charge in [-0.2, -0.15) is 0 Å². The maximum Gasteiger partial charge on any atom is 0.150 e. The van der Waals surface area contributed by atoms with Crippen molar-refractivity contribution in [1.29, 1.82) is 0 Å². The van der Waals surface area contributed by atoms with Crippen molar-refractivity contribution in [3.63, 3.8) is 0 Å². The molecular formula is C19H31N3O3. The Morgan fingerprint density at radius 2 is 1.92 bits per heavy atom. The fourth-order valence-corrected chi connectivity index (χ4v) is 4.83. The lowest BCUT2D eigenvalue weighted by Gasteiger charge is -2.43. The van der Waals surface area contributed by atoms with Crippen LogP contribution < -0.4 is 0 Å². The van der Waals surface area contributed by atoms with Crippen molar-refractivity contribution in [1.82, 2.24) is 15.0 Å². The zero-order chi connectivity index (χ0) is 17.4. The highest BCUT2D eigenvalue weighted by molar-refractivity contribution is 5.09. The van der Waals surface area contributed by atoms with E-state index in [0.29, 0.717) is 23.8 Å². The van der Waals surface area contributed by atoms with Gasteiger partial charge in [0.15, 0.2) is 5.76 Å². The van der Waals surface area contributed by atoms with Gasteiger partial charge in [-0.05, 0) is 30.6 Å². The van der Waals surface area contributed by atoms with Gasteiger partial charge in [0.1, 0.15) is 0 Å². The molecule has 0 radical (unpaired) electrons. The first-order chi connectivity index (χ1) is 12.1. The number of fused-ring (bicyclic) bond motifs is 1. The number of aromatic nitrogens is 1. The summed E-state index contributed by atoms with van der Waals surface area (Å²) in [5.74, 6) is 2.67. The second-order valence-electron chi connectivity index (χ2n) is 8.34. The molecule has 6 nitrogen and oxygen atoms in total. The summed E-state index contributed by atoms with van der Waals surface area (Å²) in [5.41, 5.74) is 1.04. The Labute approximate surface area is 150 Å². The van der Waals surface area contributed by atoms with Crippen molar-refractivity contribution in [2.75, 3.05) is 39.4 Å². The fraction of sp³-hybridized carbons (Fsp3) is 0.842. The minimum atomic E-state index is -0.197. The van der Waals surface area contributed by atoms with Crippen LogP contribution in [0.4, 0.5) is 0 Å². The van der Waals surface area contributed by atoms with Crippen molar-refractivity contribution in [2.45, 2.75) is 51.3 Å². The molecule has 3 heterocycles. The topological polar surface area (TPSA) is 62.0 Å². The average molecular weight is 349 g/mol. The summed E-state index contributed by atoms with van der Waals surface area (Å²) in [6, 6.07) is 2.40. The van der Waals surface area contributed by atoms with Gasteiger partial charge in [-0.25, -0.2) is 0 Å². The summed E-state index contributed by atoms with van der Waals surface area (Å²) in [4.78, 5) is 4.92. The van der Waals surface area contributed by atoms with Crippen molar-refractivity contribution in [3.8, 4) is 0 Å². The quantitative estimate of drug-likeness (QED) is 0.893. The Kier molecular flexibility index (Phi) is 5.13. The van der Waals surface area contributed by atoms with Gasteiger partial charge in [-0.1, -0.05) is 19.0 Å². The number of likely N-dealkylation sites (tertiary alicyclic amines) is 1. The predicted molar refractivity (Wildman–Crippen MR) is 94.3 cm³/mol. The van der Waals surface area contributed by atoms with Gasteiger partial charge in [0.05, 0.1) is 31.6 Å². The van der Waals surface area contributed by atoms with Crippen LogP contribution in [-0.2, 0) is 11.3 Å². The van der Waals surface area contributed by atoms with Gasteiger partial charge in [0.25, 0.3) is 0 Å². The fourth-order valence-electron chi connectivity index (χ4n) is 4.83. The van der Waals surface area contributed by atoms with Gasteiger partial charge in [-0.15, -0.1) is 0 Å². The van der Waals surface area contributed by atoms with E-state index < -0.39 is 0 Å². The molecule has 1 saturated carbocycles. The van der Waals surface area contributed by atoms with E-state index in [1.807, 2.05) is 0 Å². The molecule has 2 saturated heterocycles. The lowest BCUT2D eigenvalue weighted by Crippen LogP contribution is -2.53. The minimum absolute atomic E-state index is 0.197. The molecule has 0 bridgehead atoms. The number of rotatable bonds is 4. The smallest absolute Gasteiger partial charge is 0.150 e. The van der Waals surface area contributed by atoms with Crippen LogP contribution in [0.5, 0.6) is 0 Å². The van der Waals surface area contributed by atoms with Gasteiger partial charge >= 0.3 is 0 Å². The second kappa shape index (κ2) is 7.35. The molecule has 6 heteroatoms. The molecule has 0 spiro atoms. The first-order valence-corrected chi connectivity index (χ1v) is 9.78. The standard InChI is InChI=1S/C19H31N3O3/c1-13(2)17-9-16(25-20-17)12-21-10-14-7-18(19(23)8-15(14)11-21)22-3-5-24-6-4-22/h9,13-15,18-19,23H,3-8,10-12H2,1-2H3/t14-,15+,18-,19-/m1/s1. The monoisotopic (exact) mass is 349 g/mol. The molecule has 1 aliphatic carbocycles. The molecule has 140 valence electrons. The summed E-state index contributed by atoms with van der Waals surface area (Å²) in [6.45, 7) is 10.8. The Morgan fingerprint density at radius 1 is 1.20 bits per heavy atom. The zero-order valence-corrected chi connectivity index (χ0v) is 15.4. The molecule has 1 N–H and O–H groups in total. The van der Waals surface area contributed by atoms with Gasteiger partial charge < -0.3 is 14.4 Å². The molecule has 0 aromatic carbocycles. The summed E-state index contributed by atoms with van der Waals surface area (Å²) in [7, 11) is 0. The van der Waals surface area contributed by atoms with E-state index in [-0.39, 0.29) is 6.10 Å². The molecule has 1 aromatic rings. The molecule has 25 heavy (non-hydrogen) atoms. The van der Waals surface area contributed by atoms with Crippen LogP contribution in [0.1, 0.15) is 44.1 Å². The number of ether oxygens (including phenoxy) is 1. The Morgan fingerprint density at radius 3 is 2.60 bits per heavy atom. The van der Waals surface area contributed by atoms with E-state index in [9.17, 15) is 5.11 Å². The van der Waals surface area contributed by atoms with Crippen molar-refractivity contribution < 1.29 is 14.4 Å². The van der Waals surface area contributed by atoms with Crippen LogP contribution >= 0.6 is 0 Å². The third kappa shape index (κ3) is 3.77. The number of hydrogen-bond donors (Lipinski definition) is 1. The lowest BCUT2D eigenvalue weighted by atomic mass is 9.77. The number of nitrogens with zero attached hydrogens (tertiary/aromatic N) is 3. The van der Waals surface area contributed by atoms with E-state index in [2.05, 4.69) is 34.9 Å². The van der Waals surface area contributed by atoms with E-state index in [4.69, 9.17) is 9.26 Å². The number of hydrogen-bond acceptors (Lipinski definition) is 6. The number of aliphatic hydroxyl groups is 1. The van der Waals surface area contributed by atoms with E-state index >= 15 is 0 Å². The largest absolute Gasteiger partial charge is 0.391 e. The van der Waals surface area contributed by atoms with Gasteiger partial charge in [-0.3, -0.25) is 9.80 Å². The highest BCUT2D eigenvalue weighted by Gasteiger charge is 2.43. The minimum Gasteiger partial charge on any atom is -0.391 e. The van der Waals surface area contributed by atoms with Crippen LogP contribution in [0.15, 0.2) is 10.6 Å². The molecule has 0 unspecified atom stereocenters. The van der Waals surface area contributed by atoms with Crippen LogP contribution in [0.2, 0.25) is 0 Å². The molecule has 2 aliphatic heterocycles. The lowest BCUT2D eigenvalue weighted by molar-refractivity contribution is -0.0520. The SMILES string of the molecule is CC(C)c1cc(CN2C[C@H]3C[C@@H](N4CCOCC4)[C@H](O)C[C@H]3C2)on1. The van der Waals surface area contributed by atoms with Crippen LogP contribution in [0, 0.1) is 11.8 Å². The van der Waals surface area contributed by atoms with Gasteiger partial charge in [0, 0.05) is 38.3 Å². The maximum atomic E-state index is 10.7. The summed E-state index contributed by atoms with van der Waals surface area (Å²) in [5, 5.41) is 14.9. The molecule has 0 amide bonds.